The van der Waals surface area contributed by atoms with Gasteiger partial charge in [-0.3, -0.25) is 0 Å². The summed E-state index contributed by atoms with van der Waals surface area (Å²) < 4.78 is 0. The SMILES string of the molecule is CC=[C-]O.[Au+]. The Morgan fingerprint density at radius 1 is 1.80 bits per heavy atom. The van der Waals surface area contributed by atoms with Crippen LogP contribution < -0.4 is 0 Å². The first-order chi connectivity index (χ1) is 1.91. The fourth-order valence-electron chi connectivity index (χ4n) is 0. The van der Waals surface area contributed by atoms with E-state index < -0.39 is 0 Å². The predicted octanol–water partition coefficient (Wildman–Crippen LogP) is 0.879. The minimum atomic E-state index is 0. The number of aliphatic hydroxyl groups is 1. The summed E-state index contributed by atoms with van der Waals surface area (Å²) in [6.07, 6.45) is 3.24. The zero-order chi connectivity index (χ0) is 3.41. The van der Waals surface area contributed by atoms with Crippen LogP contribution in [0.3, 0.4) is 0 Å². The molecule has 0 aromatic heterocycles. The third-order valence-electron chi connectivity index (χ3n) is 0.129. The number of aliphatic hydroxyl groups excluding tert-OH is 1. The maximum absolute atomic E-state index is 7.57. The molecule has 0 aromatic rings. The Morgan fingerprint density at radius 3 is 2.00 bits per heavy atom. The third kappa shape index (κ3) is 13.6. The fraction of sp³-hybridized carbons (Fsp3) is 0.333. The number of rotatable bonds is 0. The van der Waals surface area contributed by atoms with E-state index in [4.69, 9.17) is 5.11 Å². The van der Waals surface area contributed by atoms with Gasteiger partial charge in [-0.15, -0.1) is 0 Å². The molecule has 1 N–H and O–H groups in total. The monoisotopic (exact) mass is 254 g/mol. The molecule has 0 aliphatic carbocycles. The first-order valence-corrected chi connectivity index (χ1v) is 1.09. The van der Waals surface area contributed by atoms with Gasteiger partial charge in [0.1, 0.15) is 0 Å². The maximum Gasteiger partial charge on any atom is 1.00 e. The van der Waals surface area contributed by atoms with Crippen molar-refractivity contribution in [2.75, 3.05) is 0 Å². The average molecular weight is 254 g/mol. The Balaban J connectivity index is 0. The molecular formula is C3H5AuO. The van der Waals surface area contributed by atoms with Crippen LogP contribution in [-0.2, 0) is 22.4 Å². The quantitative estimate of drug-likeness (QED) is 0.386. The molecule has 0 saturated carbocycles. The molecule has 0 radical (unpaired) electrons. The molecule has 0 aliphatic rings. The topological polar surface area (TPSA) is 20.2 Å². The van der Waals surface area contributed by atoms with E-state index in [9.17, 15) is 0 Å². The van der Waals surface area contributed by atoms with Crippen LogP contribution in [0, 0.1) is 6.26 Å². The molecule has 0 saturated heterocycles. The van der Waals surface area contributed by atoms with Crippen LogP contribution >= 0.6 is 0 Å². The van der Waals surface area contributed by atoms with Crippen LogP contribution in [0.4, 0.5) is 0 Å². The van der Waals surface area contributed by atoms with Crippen molar-refractivity contribution >= 4 is 0 Å². The molecule has 1 nitrogen and oxygen atoms in total. The molecule has 0 atom stereocenters. The Kier molecular flexibility index (Phi) is 15.9. The number of allylic oxidation sites excluding steroid dienone is 1. The van der Waals surface area contributed by atoms with E-state index in [-0.39, 0.29) is 22.4 Å². The molecule has 0 fully saturated rings. The Labute approximate surface area is 47.2 Å². The van der Waals surface area contributed by atoms with E-state index in [1.807, 2.05) is 0 Å². The Bertz CT molecular complexity index is 22.1. The molecule has 0 unspecified atom stereocenters. The number of hydrogen-bond donors (Lipinski definition) is 1. The van der Waals surface area contributed by atoms with Crippen LogP contribution in [0.5, 0.6) is 0 Å². The first-order valence-electron chi connectivity index (χ1n) is 1.09. The van der Waals surface area contributed by atoms with Gasteiger partial charge in [0.25, 0.3) is 0 Å². The van der Waals surface area contributed by atoms with Crippen molar-refractivity contribution < 1.29 is 27.5 Å². The first kappa shape index (κ1) is 8.99. The van der Waals surface area contributed by atoms with Crippen LogP contribution in [-0.4, -0.2) is 5.11 Å². The molecule has 2 heteroatoms. The van der Waals surface area contributed by atoms with E-state index in [0.717, 1.165) is 0 Å². The van der Waals surface area contributed by atoms with E-state index >= 15 is 0 Å². The molecule has 0 aromatic carbocycles. The second-order valence-corrected chi connectivity index (χ2v) is 0.418. The molecule has 34 valence electrons. The van der Waals surface area contributed by atoms with Crippen molar-refractivity contribution in [2.24, 2.45) is 0 Å². The molecule has 5 heavy (non-hydrogen) atoms. The van der Waals surface area contributed by atoms with Crippen LogP contribution in [0.25, 0.3) is 0 Å². The minimum absolute atomic E-state index is 0. The maximum atomic E-state index is 7.57. The Hall–Kier alpha value is 0.280. The van der Waals surface area contributed by atoms with Gasteiger partial charge in [0.05, 0.1) is 0 Å². The molecule has 0 bridgehead atoms. The predicted molar refractivity (Wildman–Crippen MR) is 16.1 cm³/mol. The average Bonchev–Trinajstić information content (AvgIpc) is 1.37. The van der Waals surface area contributed by atoms with E-state index in [1.54, 1.807) is 13.2 Å². The van der Waals surface area contributed by atoms with Crippen molar-refractivity contribution in [2.45, 2.75) is 6.92 Å². The van der Waals surface area contributed by atoms with Crippen molar-refractivity contribution in [1.82, 2.24) is 0 Å². The molecule has 0 amide bonds. The van der Waals surface area contributed by atoms with Gasteiger partial charge in [0.15, 0.2) is 0 Å². The summed E-state index contributed by atoms with van der Waals surface area (Å²) in [5.41, 5.74) is 0. The van der Waals surface area contributed by atoms with E-state index in [0.29, 0.717) is 0 Å². The van der Waals surface area contributed by atoms with Gasteiger partial charge < -0.3 is 11.4 Å². The van der Waals surface area contributed by atoms with Gasteiger partial charge in [0.2, 0.25) is 0 Å². The number of hydrogen-bond acceptors (Lipinski definition) is 1. The standard InChI is InChI=1S/C3H5O.Au/c1-2-3-4;/h2,4H,1H3;/q-1;+1. The second kappa shape index (κ2) is 8.86. The van der Waals surface area contributed by atoms with Gasteiger partial charge in [-0.05, 0) is 0 Å². The van der Waals surface area contributed by atoms with Crippen LogP contribution in [0.2, 0.25) is 0 Å². The zero-order valence-corrected chi connectivity index (χ0v) is 4.99. The summed E-state index contributed by atoms with van der Waals surface area (Å²) in [4.78, 5) is 0. The van der Waals surface area contributed by atoms with Gasteiger partial charge in [0, 0.05) is 0 Å². The largest absolute Gasteiger partial charge is 1.00 e. The summed E-state index contributed by atoms with van der Waals surface area (Å²) in [5, 5.41) is 7.57. The van der Waals surface area contributed by atoms with Gasteiger partial charge in [-0.25, -0.2) is 6.08 Å². The normalized spacial score (nSPS) is 7.40. The molecule has 0 aliphatic heterocycles. The summed E-state index contributed by atoms with van der Waals surface area (Å²) >= 11 is 0. The third-order valence-corrected chi connectivity index (χ3v) is 0.129. The van der Waals surface area contributed by atoms with Crippen LogP contribution in [0.15, 0.2) is 6.08 Å². The molecule has 0 heterocycles. The summed E-state index contributed by atoms with van der Waals surface area (Å²) in [6, 6.07) is 0. The Morgan fingerprint density at radius 2 is 2.00 bits per heavy atom. The summed E-state index contributed by atoms with van der Waals surface area (Å²) in [7, 11) is 0. The van der Waals surface area contributed by atoms with Gasteiger partial charge in [-0.2, -0.15) is 0 Å². The fourth-order valence-corrected chi connectivity index (χ4v) is 0. The summed E-state index contributed by atoms with van der Waals surface area (Å²) in [6.45, 7) is 1.69. The molecule has 0 spiro atoms. The molecule has 0 rings (SSSR count). The van der Waals surface area contributed by atoms with Gasteiger partial charge in [-0.1, -0.05) is 6.92 Å². The van der Waals surface area contributed by atoms with E-state index in [1.165, 1.54) is 6.08 Å². The summed E-state index contributed by atoms with van der Waals surface area (Å²) in [5.74, 6) is 0. The smallest absolute Gasteiger partial charge is 0.705 e. The van der Waals surface area contributed by atoms with Crippen molar-refractivity contribution in [3.05, 3.63) is 12.3 Å². The van der Waals surface area contributed by atoms with Crippen molar-refractivity contribution in [1.29, 1.82) is 0 Å². The second-order valence-electron chi connectivity index (χ2n) is 0.418. The molecular weight excluding hydrogens is 249 g/mol. The zero-order valence-electron chi connectivity index (χ0n) is 2.83. The van der Waals surface area contributed by atoms with Crippen LogP contribution in [0.1, 0.15) is 6.92 Å². The van der Waals surface area contributed by atoms with Crippen molar-refractivity contribution in [3.8, 4) is 0 Å². The van der Waals surface area contributed by atoms with Crippen molar-refractivity contribution in [3.63, 3.8) is 0 Å². The minimum Gasteiger partial charge on any atom is -0.705 e. The van der Waals surface area contributed by atoms with Gasteiger partial charge >= 0.3 is 22.4 Å². The van der Waals surface area contributed by atoms with E-state index in [2.05, 4.69) is 0 Å².